The summed E-state index contributed by atoms with van der Waals surface area (Å²) >= 11 is 7.57. The second kappa shape index (κ2) is 6.90. The van der Waals surface area contributed by atoms with Crippen molar-refractivity contribution in [2.45, 2.75) is 0 Å². The molecule has 0 aliphatic carbocycles. The van der Waals surface area contributed by atoms with Crippen LogP contribution < -0.4 is 10.2 Å². The van der Waals surface area contributed by atoms with Crippen LogP contribution in [0.3, 0.4) is 0 Å². The van der Waals surface area contributed by atoms with Crippen molar-refractivity contribution < 1.29 is 14.6 Å². The third kappa shape index (κ3) is 3.34. The van der Waals surface area contributed by atoms with Crippen molar-refractivity contribution in [2.24, 2.45) is 5.10 Å². The molecule has 2 N–H and O–H groups in total. The van der Waals surface area contributed by atoms with Crippen LogP contribution in [-0.2, 0) is 0 Å². The van der Waals surface area contributed by atoms with E-state index in [1.165, 1.54) is 17.6 Å². The van der Waals surface area contributed by atoms with E-state index in [-0.39, 0.29) is 11.7 Å². The van der Waals surface area contributed by atoms with Crippen LogP contribution in [0.1, 0.15) is 15.2 Å². The molecule has 5 nitrogen and oxygen atoms in total. The SMILES string of the molecule is COc1ccc2c(Cl)c(C(=O)N/N=C/c3ccc(O)cc3)sc2c1. The molecule has 0 radical (unpaired) electrons. The zero-order valence-electron chi connectivity index (χ0n) is 12.6. The van der Waals surface area contributed by atoms with E-state index in [2.05, 4.69) is 10.5 Å². The number of aromatic hydroxyl groups is 1. The molecule has 1 amide bonds. The quantitative estimate of drug-likeness (QED) is 0.545. The van der Waals surface area contributed by atoms with Gasteiger partial charge in [0.15, 0.2) is 0 Å². The van der Waals surface area contributed by atoms with Gasteiger partial charge in [-0.05, 0) is 48.0 Å². The first kappa shape index (κ1) is 16.3. The molecule has 0 bridgehead atoms. The highest BCUT2D eigenvalue weighted by atomic mass is 35.5. The molecule has 7 heteroatoms. The van der Waals surface area contributed by atoms with Gasteiger partial charge in [0.25, 0.3) is 5.91 Å². The molecule has 0 atom stereocenters. The van der Waals surface area contributed by atoms with Crippen LogP contribution in [0, 0.1) is 0 Å². The molecule has 1 aromatic heterocycles. The average molecular weight is 361 g/mol. The average Bonchev–Trinajstić information content (AvgIpc) is 2.93. The molecule has 1 heterocycles. The second-order valence-electron chi connectivity index (χ2n) is 4.90. The number of halogens is 1. The van der Waals surface area contributed by atoms with Gasteiger partial charge in [-0.1, -0.05) is 11.6 Å². The Labute approximate surface area is 147 Å². The van der Waals surface area contributed by atoms with E-state index in [4.69, 9.17) is 16.3 Å². The number of phenols is 1. The molecule has 122 valence electrons. The van der Waals surface area contributed by atoms with Crippen LogP contribution in [0.2, 0.25) is 5.02 Å². The Morgan fingerprint density at radius 2 is 2.04 bits per heavy atom. The molecule has 0 spiro atoms. The van der Waals surface area contributed by atoms with Gasteiger partial charge in [0, 0.05) is 10.1 Å². The molecule has 24 heavy (non-hydrogen) atoms. The number of carbonyl (C=O) groups is 1. The summed E-state index contributed by atoms with van der Waals surface area (Å²) in [4.78, 5) is 12.7. The van der Waals surface area contributed by atoms with E-state index in [9.17, 15) is 9.90 Å². The summed E-state index contributed by atoms with van der Waals surface area (Å²) in [5.41, 5.74) is 3.21. The van der Waals surface area contributed by atoms with Crippen molar-refractivity contribution >= 4 is 45.1 Å². The van der Waals surface area contributed by atoms with Gasteiger partial charge in [-0.15, -0.1) is 11.3 Å². The maximum atomic E-state index is 12.3. The number of methoxy groups -OCH3 is 1. The fourth-order valence-corrected chi connectivity index (χ4v) is 3.53. The summed E-state index contributed by atoms with van der Waals surface area (Å²) in [7, 11) is 1.59. The lowest BCUT2D eigenvalue weighted by Gasteiger charge is -1.98. The summed E-state index contributed by atoms with van der Waals surface area (Å²) in [6.07, 6.45) is 1.49. The zero-order valence-corrected chi connectivity index (χ0v) is 14.2. The topological polar surface area (TPSA) is 70.9 Å². The zero-order chi connectivity index (χ0) is 17.1. The minimum Gasteiger partial charge on any atom is -0.508 e. The second-order valence-corrected chi connectivity index (χ2v) is 6.33. The highest BCUT2D eigenvalue weighted by Gasteiger charge is 2.17. The smallest absolute Gasteiger partial charge is 0.283 e. The molecule has 3 rings (SSSR count). The van der Waals surface area contributed by atoms with Crippen LogP contribution in [-0.4, -0.2) is 24.3 Å². The third-order valence-corrected chi connectivity index (χ3v) is 4.97. The number of ether oxygens (including phenoxy) is 1. The van der Waals surface area contributed by atoms with Gasteiger partial charge in [-0.2, -0.15) is 5.10 Å². The Hall–Kier alpha value is -2.57. The number of phenolic OH excluding ortho intramolecular Hbond substituents is 1. The Balaban J connectivity index is 1.78. The van der Waals surface area contributed by atoms with Crippen molar-refractivity contribution in [3.05, 3.63) is 57.9 Å². The molecular formula is C17H13ClN2O3S. The number of hydrogen-bond donors (Lipinski definition) is 2. The minimum absolute atomic E-state index is 0.170. The Morgan fingerprint density at radius 3 is 2.75 bits per heavy atom. The number of hydrazone groups is 1. The number of carbonyl (C=O) groups excluding carboxylic acids is 1. The number of rotatable bonds is 4. The summed E-state index contributed by atoms with van der Waals surface area (Å²) in [6, 6.07) is 11.9. The molecule has 0 aliphatic rings. The summed E-state index contributed by atoms with van der Waals surface area (Å²) < 4.78 is 6.04. The lowest BCUT2D eigenvalue weighted by Crippen LogP contribution is -2.16. The van der Waals surface area contributed by atoms with Gasteiger partial charge in [-0.3, -0.25) is 4.79 Å². The number of nitrogens with one attached hydrogen (secondary N) is 1. The van der Waals surface area contributed by atoms with Crippen molar-refractivity contribution in [1.82, 2.24) is 5.43 Å². The minimum atomic E-state index is -0.379. The number of thiophene rings is 1. The molecule has 0 unspecified atom stereocenters. The van der Waals surface area contributed by atoms with E-state index in [0.29, 0.717) is 15.6 Å². The van der Waals surface area contributed by atoms with Gasteiger partial charge in [0.2, 0.25) is 0 Å². The van der Waals surface area contributed by atoms with Gasteiger partial charge in [-0.25, -0.2) is 5.43 Å². The highest BCUT2D eigenvalue weighted by molar-refractivity contribution is 7.21. The predicted octanol–water partition coefficient (Wildman–Crippen LogP) is 4.03. The monoisotopic (exact) mass is 360 g/mol. The Bertz CT molecular complexity index is 919. The molecule has 0 saturated carbocycles. The Morgan fingerprint density at radius 1 is 1.29 bits per heavy atom. The summed E-state index contributed by atoms with van der Waals surface area (Å²) in [5, 5.41) is 14.3. The number of fused-ring (bicyclic) bond motifs is 1. The van der Waals surface area contributed by atoms with Crippen LogP contribution in [0.15, 0.2) is 47.6 Å². The lowest BCUT2D eigenvalue weighted by atomic mass is 10.2. The van der Waals surface area contributed by atoms with Gasteiger partial charge >= 0.3 is 0 Å². The number of hydrogen-bond acceptors (Lipinski definition) is 5. The van der Waals surface area contributed by atoms with E-state index in [1.807, 2.05) is 12.1 Å². The van der Waals surface area contributed by atoms with E-state index >= 15 is 0 Å². The lowest BCUT2D eigenvalue weighted by molar-refractivity contribution is 0.0959. The maximum Gasteiger partial charge on any atom is 0.283 e. The molecular weight excluding hydrogens is 348 g/mol. The molecule has 3 aromatic rings. The van der Waals surface area contributed by atoms with Crippen LogP contribution in [0.5, 0.6) is 11.5 Å². The van der Waals surface area contributed by atoms with Crippen LogP contribution in [0.4, 0.5) is 0 Å². The fraction of sp³-hybridized carbons (Fsp3) is 0.0588. The molecule has 2 aromatic carbocycles. The number of amides is 1. The normalized spacial score (nSPS) is 11.1. The first-order chi connectivity index (χ1) is 11.6. The standard InChI is InChI=1S/C17H13ClN2O3S/c1-23-12-6-7-13-14(8-12)24-16(15(13)18)17(22)20-19-9-10-2-4-11(21)5-3-10/h2-9,21H,1H3,(H,20,22)/b19-9+. The largest absolute Gasteiger partial charge is 0.508 e. The summed E-state index contributed by atoms with van der Waals surface area (Å²) in [6.45, 7) is 0. The molecule has 0 fully saturated rings. The highest BCUT2D eigenvalue weighted by Crippen LogP contribution is 2.37. The number of benzene rings is 2. The molecule has 0 saturated heterocycles. The molecule has 0 aliphatic heterocycles. The van der Waals surface area contributed by atoms with E-state index < -0.39 is 0 Å². The van der Waals surface area contributed by atoms with Gasteiger partial charge < -0.3 is 9.84 Å². The predicted molar refractivity (Wildman–Crippen MR) is 96.6 cm³/mol. The fourth-order valence-electron chi connectivity index (χ4n) is 2.10. The first-order valence-corrected chi connectivity index (χ1v) is 8.16. The first-order valence-electron chi connectivity index (χ1n) is 6.97. The summed E-state index contributed by atoms with van der Waals surface area (Å²) in [5.74, 6) is 0.497. The van der Waals surface area contributed by atoms with Gasteiger partial charge in [0.05, 0.1) is 18.3 Å². The van der Waals surface area contributed by atoms with E-state index in [0.717, 1.165) is 15.6 Å². The van der Waals surface area contributed by atoms with Crippen molar-refractivity contribution in [3.8, 4) is 11.5 Å². The Kier molecular flexibility index (Phi) is 4.69. The van der Waals surface area contributed by atoms with Crippen molar-refractivity contribution in [3.63, 3.8) is 0 Å². The van der Waals surface area contributed by atoms with Crippen molar-refractivity contribution in [2.75, 3.05) is 7.11 Å². The third-order valence-electron chi connectivity index (χ3n) is 3.32. The van der Waals surface area contributed by atoms with Crippen LogP contribution >= 0.6 is 22.9 Å². The van der Waals surface area contributed by atoms with Gasteiger partial charge in [0.1, 0.15) is 16.4 Å². The van der Waals surface area contributed by atoms with Crippen LogP contribution in [0.25, 0.3) is 10.1 Å². The number of nitrogens with zero attached hydrogens (tertiary/aromatic N) is 1. The maximum absolute atomic E-state index is 12.3. The van der Waals surface area contributed by atoms with E-state index in [1.54, 1.807) is 37.4 Å². The van der Waals surface area contributed by atoms with Crippen molar-refractivity contribution in [1.29, 1.82) is 0 Å².